The Morgan fingerprint density at radius 2 is 2.28 bits per heavy atom. The number of hydrogen-bond acceptors (Lipinski definition) is 3. The van der Waals surface area contributed by atoms with Gasteiger partial charge in [-0.15, -0.1) is 0 Å². The van der Waals surface area contributed by atoms with Crippen LogP contribution in [0.25, 0.3) is 0 Å². The van der Waals surface area contributed by atoms with Gasteiger partial charge < -0.3 is 4.74 Å². The van der Waals surface area contributed by atoms with Gasteiger partial charge in [0.05, 0.1) is 18.2 Å². The Labute approximate surface area is 105 Å². The summed E-state index contributed by atoms with van der Waals surface area (Å²) in [6, 6.07) is 6.25. The van der Waals surface area contributed by atoms with E-state index in [1.807, 2.05) is 0 Å². The maximum absolute atomic E-state index is 13.1. The van der Waals surface area contributed by atoms with Crippen molar-refractivity contribution >= 4 is 5.97 Å². The van der Waals surface area contributed by atoms with Crippen LogP contribution in [0.3, 0.4) is 0 Å². The summed E-state index contributed by atoms with van der Waals surface area (Å²) in [5, 5.41) is 8.66. The van der Waals surface area contributed by atoms with E-state index in [1.165, 1.54) is 18.2 Å². The maximum Gasteiger partial charge on any atom is 0.338 e. The number of carbonyl (C=O) groups excluding carboxylic acids is 1. The van der Waals surface area contributed by atoms with E-state index in [2.05, 4.69) is 6.07 Å². The van der Waals surface area contributed by atoms with Gasteiger partial charge in [0.15, 0.2) is 0 Å². The van der Waals surface area contributed by atoms with E-state index in [4.69, 9.17) is 10.00 Å². The smallest absolute Gasteiger partial charge is 0.338 e. The molecule has 94 valence electrons. The van der Waals surface area contributed by atoms with Crippen molar-refractivity contribution in [2.24, 2.45) is 5.41 Å². The normalized spacial score (nSPS) is 15.8. The molecule has 4 heteroatoms. The van der Waals surface area contributed by atoms with Crippen molar-refractivity contribution in [2.45, 2.75) is 26.2 Å². The quantitative estimate of drug-likeness (QED) is 0.768. The second-order valence-electron chi connectivity index (χ2n) is 4.87. The summed E-state index contributed by atoms with van der Waals surface area (Å²) in [5.74, 6) is -0.794. The first kappa shape index (κ1) is 12.6. The van der Waals surface area contributed by atoms with E-state index >= 15 is 0 Å². The van der Waals surface area contributed by atoms with Crippen molar-refractivity contribution in [1.29, 1.82) is 5.26 Å². The lowest BCUT2D eigenvalue weighted by Crippen LogP contribution is -2.15. The number of aryl methyl sites for hydroxylation is 1. The molecule has 1 saturated carbocycles. The van der Waals surface area contributed by atoms with E-state index in [1.54, 1.807) is 6.92 Å². The van der Waals surface area contributed by atoms with E-state index in [0.717, 1.165) is 12.8 Å². The summed E-state index contributed by atoms with van der Waals surface area (Å²) in [5.41, 5.74) is 0.642. The van der Waals surface area contributed by atoms with Crippen molar-refractivity contribution in [2.75, 3.05) is 6.61 Å². The third kappa shape index (κ3) is 2.67. The van der Waals surface area contributed by atoms with Crippen LogP contribution in [0.5, 0.6) is 0 Å². The minimum absolute atomic E-state index is 0.126. The zero-order valence-corrected chi connectivity index (χ0v) is 10.2. The van der Waals surface area contributed by atoms with Gasteiger partial charge in [0.2, 0.25) is 0 Å². The van der Waals surface area contributed by atoms with Crippen LogP contribution in [0.4, 0.5) is 4.39 Å². The molecule has 0 N–H and O–H groups in total. The summed E-state index contributed by atoms with van der Waals surface area (Å²) < 4.78 is 18.2. The van der Waals surface area contributed by atoms with Crippen molar-refractivity contribution in [3.63, 3.8) is 0 Å². The Morgan fingerprint density at radius 3 is 2.83 bits per heavy atom. The lowest BCUT2D eigenvalue weighted by Gasteiger charge is -2.11. The number of ether oxygens (including phenoxy) is 1. The fraction of sp³-hybridized carbons (Fsp3) is 0.429. The van der Waals surface area contributed by atoms with Crippen molar-refractivity contribution < 1.29 is 13.9 Å². The number of carbonyl (C=O) groups is 1. The molecule has 2 rings (SSSR count). The van der Waals surface area contributed by atoms with Crippen LogP contribution in [0, 0.1) is 29.5 Å². The van der Waals surface area contributed by atoms with Gasteiger partial charge >= 0.3 is 5.97 Å². The molecule has 3 nitrogen and oxygen atoms in total. The molecule has 18 heavy (non-hydrogen) atoms. The molecule has 0 spiro atoms. The summed E-state index contributed by atoms with van der Waals surface area (Å²) in [6.07, 6.45) is 2.27. The van der Waals surface area contributed by atoms with Crippen LogP contribution in [0.1, 0.15) is 35.2 Å². The second kappa shape index (κ2) is 4.77. The molecule has 1 aromatic carbocycles. The first-order valence-corrected chi connectivity index (χ1v) is 5.87. The molecule has 0 aromatic heterocycles. The number of halogens is 1. The van der Waals surface area contributed by atoms with Crippen molar-refractivity contribution in [1.82, 2.24) is 0 Å². The number of hydrogen-bond donors (Lipinski definition) is 0. The highest BCUT2D eigenvalue weighted by Crippen LogP contribution is 2.48. The molecule has 0 radical (unpaired) electrons. The van der Waals surface area contributed by atoms with Crippen LogP contribution in [0.2, 0.25) is 0 Å². The van der Waals surface area contributed by atoms with Crippen LogP contribution >= 0.6 is 0 Å². The SMILES string of the molecule is Cc1cc(C(=O)OCC2(CC#N)CC2)ccc1F. The van der Waals surface area contributed by atoms with Gasteiger partial charge in [-0.25, -0.2) is 9.18 Å². The molecular formula is C14H14FNO2. The number of esters is 1. The van der Waals surface area contributed by atoms with Crippen LogP contribution in [0.15, 0.2) is 18.2 Å². The predicted molar refractivity (Wildman–Crippen MR) is 63.3 cm³/mol. The highest BCUT2D eigenvalue weighted by atomic mass is 19.1. The summed E-state index contributed by atoms with van der Waals surface area (Å²) in [7, 11) is 0. The van der Waals surface area contributed by atoms with E-state index in [-0.39, 0.29) is 17.8 Å². The molecule has 0 amide bonds. The van der Waals surface area contributed by atoms with Crippen LogP contribution < -0.4 is 0 Å². The van der Waals surface area contributed by atoms with E-state index in [0.29, 0.717) is 17.5 Å². The zero-order chi connectivity index (χ0) is 13.2. The fourth-order valence-corrected chi connectivity index (χ4v) is 1.79. The Balaban J connectivity index is 1.96. The topological polar surface area (TPSA) is 50.1 Å². The second-order valence-corrected chi connectivity index (χ2v) is 4.87. The van der Waals surface area contributed by atoms with Crippen molar-refractivity contribution in [3.8, 4) is 6.07 Å². The minimum Gasteiger partial charge on any atom is -0.461 e. The molecule has 0 aliphatic heterocycles. The lowest BCUT2D eigenvalue weighted by atomic mass is 10.1. The van der Waals surface area contributed by atoms with Crippen LogP contribution in [-0.2, 0) is 4.74 Å². The Bertz CT molecular complexity index is 515. The number of rotatable bonds is 4. The van der Waals surface area contributed by atoms with Gasteiger partial charge in [-0.1, -0.05) is 0 Å². The third-order valence-electron chi connectivity index (χ3n) is 3.31. The number of benzene rings is 1. The maximum atomic E-state index is 13.1. The summed E-state index contributed by atoms with van der Waals surface area (Å²) in [4.78, 5) is 11.8. The Kier molecular flexibility index (Phi) is 3.33. The largest absolute Gasteiger partial charge is 0.461 e. The van der Waals surface area contributed by atoms with Gasteiger partial charge in [0, 0.05) is 11.8 Å². The molecule has 1 aromatic rings. The number of nitrogens with zero attached hydrogens (tertiary/aromatic N) is 1. The summed E-state index contributed by atoms with van der Waals surface area (Å²) >= 11 is 0. The molecule has 0 saturated heterocycles. The molecule has 0 unspecified atom stereocenters. The first-order chi connectivity index (χ1) is 8.56. The summed E-state index contributed by atoms with van der Waals surface area (Å²) in [6.45, 7) is 1.87. The monoisotopic (exact) mass is 247 g/mol. The Hall–Kier alpha value is -1.89. The predicted octanol–water partition coefficient (Wildman–Crippen LogP) is 2.98. The van der Waals surface area contributed by atoms with E-state index < -0.39 is 5.97 Å². The highest BCUT2D eigenvalue weighted by Gasteiger charge is 2.43. The highest BCUT2D eigenvalue weighted by molar-refractivity contribution is 5.89. The molecule has 1 aliphatic carbocycles. The molecular weight excluding hydrogens is 233 g/mol. The average Bonchev–Trinajstić information content (AvgIpc) is 3.11. The fourth-order valence-electron chi connectivity index (χ4n) is 1.79. The zero-order valence-electron chi connectivity index (χ0n) is 10.2. The van der Waals surface area contributed by atoms with Gasteiger partial charge in [-0.3, -0.25) is 0 Å². The molecule has 0 atom stereocenters. The molecule has 1 aliphatic rings. The molecule has 0 heterocycles. The van der Waals surface area contributed by atoms with Gasteiger partial charge in [0.1, 0.15) is 5.82 Å². The van der Waals surface area contributed by atoms with Gasteiger partial charge in [-0.2, -0.15) is 5.26 Å². The standard InChI is InChI=1S/C14H14FNO2/c1-10-8-11(2-3-12(10)15)13(17)18-9-14(4-5-14)6-7-16/h2-3,8H,4-6,9H2,1H3. The molecule has 1 fully saturated rings. The Morgan fingerprint density at radius 1 is 1.56 bits per heavy atom. The first-order valence-electron chi connectivity index (χ1n) is 5.87. The van der Waals surface area contributed by atoms with E-state index in [9.17, 15) is 9.18 Å². The lowest BCUT2D eigenvalue weighted by molar-refractivity contribution is 0.0419. The molecule has 0 bridgehead atoms. The van der Waals surface area contributed by atoms with Crippen LogP contribution in [-0.4, -0.2) is 12.6 Å². The third-order valence-corrected chi connectivity index (χ3v) is 3.31. The number of nitriles is 1. The van der Waals surface area contributed by atoms with Gasteiger partial charge in [0.25, 0.3) is 0 Å². The van der Waals surface area contributed by atoms with Gasteiger partial charge in [-0.05, 0) is 43.5 Å². The van der Waals surface area contributed by atoms with Crippen molar-refractivity contribution in [3.05, 3.63) is 35.1 Å². The average molecular weight is 247 g/mol. The minimum atomic E-state index is -0.456.